The number of hydrogen-bond donors (Lipinski definition) is 2. The molecule has 0 atom stereocenters. The van der Waals surface area contributed by atoms with Crippen molar-refractivity contribution in [3.63, 3.8) is 0 Å². The predicted molar refractivity (Wildman–Crippen MR) is 103 cm³/mol. The molecule has 2 aromatic rings. The lowest BCUT2D eigenvalue weighted by atomic mass is 10.2. The standard InChI is InChI=1S/C19H20ClF2N3O3/c1-23-19(25-11-13-4-2-3-5-15(13)28-18(21)22)24-10-12-8-14(20)17-16(9-12)26-6-7-27-17/h2-5,8-9,18H,6-7,10-11H2,1H3,(H2,23,24,25). The molecule has 0 fully saturated rings. The van der Waals surface area contributed by atoms with E-state index in [-0.39, 0.29) is 12.3 Å². The first-order valence-corrected chi connectivity index (χ1v) is 9.00. The molecular weight excluding hydrogens is 392 g/mol. The Morgan fingerprint density at radius 1 is 1.18 bits per heavy atom. The molecule has 9 heteroatoms. The highest BCUT2D eigenvalue weighted by Crippen LogP contribution is 2.38. The average molecular weight is 412 g/mol. The Morgan fingerprint density at radius 3 is 2.71 bits per heavy atom. The highest BCUT2D eigenvalue weighted by Gasteiger charge is 2.16. The van der Waals surface area contributed by atoms with Crippen molar-refractivity contribution in [2.75, 3.05) is 20.3 Å². The minimum absolute atomic E-state index is 0.124. The van der Waals surface area contributed by atoms with Crippen molar-refractivity contribution in [1.29, 1.82) is 0 Å². The Balaban J connectivity index is 1.60. The third-order valence-corrected chi connectivity index (χ3v) is 4.26. The number of nitrogens with one attached hydrogen (secondary N) is 2. The van der Waals surface area contributed by atoms with Crippen LogP contribution in [0.25, 0.3) is 0 Å². The molecule has 0 amide bonds. The van der Waals surface area contributed by atoms with Gasteiger partial charge in [-0.1, -0.05) is 29.8 Å². The van der Waals surface area contributed by atoms with Gasteiger partial charge in [-0.05, 0) is 23.8 Å². The van der Waals surface area contributed by atoms with E-state index >= 15 is 0 Å². The minimum atomic E-state index is -2.88. The summed E-state index contributed by atoms with van der Waals surface area (Å²) in [6.07, 6.45) is 0. The fourth-order valence-corrected chi connectivity index (χ4v) is 3.00. The van der Waals surface area contributed by atoms with Gasteiger partial charge in [-0.3, -0.25) is 4.99 Å². The number of nitrogens with zero attached hydrogens (tertiary/aromatic N) is 1. The molecule has 0 aromatic heterocycles. The second-order valence-electron chi connectivity index (χ2n) is 5.87. The number of alkyl halides is 2. The van der Waals surface area contributed by atoms with E-state index in [1.165, 1.54) is 6.07 Å². The van der Waals surface area contributed by atoms with Crippen LogP contribution < -0.4 is 24.8 Å². The zero-order valence-electron chi connectivity index (χ0n) is 15.2. The van der Waals surface area contributed by atoms with Crippen LogP contribution in [0, 0.1) is 0 Å². The maximum Gasteiger partial charge on any atom is 0.387 e. The average Bonchev–Trinajstić information content (AvgIpc) is 2.69. The van der Waals surface area contributed by atoms with Gasteiger partial charge in [0.05, 0.1) is 5.02 Å². The van der Waals surface area contributed by atoms with Gasteiger partial charge in [0.2, 0.25) is 0 Å². The molecule has 150 valence electrons. The Bertz CT molecular complexity index is 849. The molecule has 3 rings (SSSR count). The van der Waals surface area contributed by atoms with Crippen molar-refractivity contribution in [1.82, 2.24) is 10.6 Å². The van der Waals surface area contributed by atoms with E-state index in [1.54, 1.807) is 31.3 Å². The molecule has 2 N–H and O–H groups in total. The number of rotatable bonds is 6. The first-order chi connectivity index (χ1) is 13.6. The van der Waals surface area contributed by atoms with E-state index in [2.05, 4.69) is 20.4 Å². The van der Waals surface area contributed by atoms with E-state index in [4.69, 9.17) is 21.1 Å². The van der Waals surface area contributed by atoms with Crippen LogP contribution in [0.2, 0.25) is 5.02 Å². The molecule has 28 heavy (non-hydrogen) atoms. The second-order valence-corrected chi connectivity index (χ2v) is 6.27. The molecule has 1 aliphatic heterocycles. The largest absolute Gasteiger partial charge is 0.486 e. The van der Waals surface area contributed by atoms with Crippen LogP contribution in [0.5, 0.6) is 17.2 Å². The molecule has 6 nitrogen and oxygen atoms in total. The summed E-state index contributed by atoms with van der Waals surface area (Å²) in [4.78, 5) is 4.14. The number of aliphatic imine (C=N–C) groups is 1. The SMILES string of the molecule is CN=C(NCc1cc(Cl)c2c(c1)OCCO2)NCc1ccccc1OC(F)F. The van der Waals surface area contributed by atoms with E-state index in [0.717, 1.165) is 5.56 Å². The summed E-state index contributed by atoms with van der Waals surface area (Å²) >= 11 is 6.24. The van der Waals surface area contributed by atoms with Crippen molar-refractivity contribution in [3.8, 4) is 17.2 Å². The summed E-state index contributed by atoms with van der Waals surface area (Å²) in [7, 11) is 1.62. The predicted octanol–water partition coefficient (Wildman–Crippen LogP) is 3.58. The zero-order valence-corrected chi connectivity index (χ0v) is 15.9. The van der Waals surface area contributed by atoms with Gasteiger partial charge in [0, 0.05) is 25.7 Å². The normalized spacial score (nSPS) is 13.4. The van der Waals surface area contributed by atoms with Gasteiger partial charge < -0.3 is 24.8 Å². The lowest BCUT2D eigenvalue weighted by Gasteiger charge is -2.20. The number of halogens is 3. The minimum Gasteiger partial charge on any atom is -0.486 e. The van der Waals surface area contributed by atoms with Crippen molar-refractivity contribution < 1.29 is 23.0 Å². The number of hydrogen-bond acceptors (Lipinski definition) is 4. The number of fused-ring (bicyclic) bond motifs is 1. The van der Waals surface area contributed by atoms with Crippen LogP contribution in [0.15, 0.2) is 41.4 Å². The summed E-state index contributed by atoms with van der Waals surface area (Å²) in [5.41, 5.74) is 1.48. The molecule has 0 spiro atoms. The van der Waals surface area contributed by atoms with Gasteiger partial charge >= 0.3 is 6.61 Å². The first-order valence-electron chi connectivity index (χ1n) is 8.62. The van der Waals surface area contributed by atoms with Crippen molar-refractivity contribution >= 4 is 17.6 Å². The van der Waals surface area contributed by atoms with Gasteiger partial charge in [-0.2, -0.15) is 8.78 Å². The quantitative estimate of drug-likeness (QED) is 0.562. The van der Waals surface area contributed by atoms with Gasteiger partial charge in [-0.25, -0.2) is 0 Å². The Morgan fingerprint density at radius 2 is 1.93 bits per heavy atom. The molecule has 0 saturated carbocycles. The van der Waals surface area contributed by atoms with Crippen molar-refractivity contribution in [2.45, 2.75) is 19.7 Å². The smallest absolute Gasteiger partial charge is 0.387 e. The third kappa shape index (κ3) is 5.16. The third-order valence-electron chi connectivity index (χ3n) is 3.98. The Hall–Kier alpha value is -2.74. The maximum atomic E-state index is 12.5. The molecule has 0 aliphatic carbocycles. The van der Waals surface area contributed by atoms with Crippen molar-refractivity contribution in [2.24, 2.45) is 4.99 Å². The Labute approximate surface area is 166 Å². The van der Waals surface area contributed by atoms with Gasteiger partial charge in [0.1, 0.15) is 19.0 Å². The molecule has 1 aliphatic rings. The summed E-state index contributed by atoms with van der Waals surface area (Å²) in [6, 6.07) is 10.2. The number of ether oxygens (including phenoxy) is 3. The molecular formula is C19H20ClF2N3O3. The maximum absolute atomic E-state index is 12.5. The van der Waals surface area contributed by atoms with Crippen molar-refractivity contribution in [3.05, 3.63) is 52.5 Å². The first kappa shape index (κ1) is 20.0. The summed E-state index contributed by atoms with van der Waals surface area (Å²) < 4.78 is 40.6. The molecule has 2 aromatic carbocycles. The van der Waals surface area contributed by atoms with E-state index in [1.807, 2.05) is 6.07 Å². The molecule has 0 radical (unpaired) electrons. The molecule has 0 unspecified atom stereocenters. The van der Waals surface area contributed by atoms with E-state index in [0.29, 0.717) is 47.8 Å². The number of benzene rings is 2. The van der Waals surface area contributed by atoms with Gasteiger partial charge in [0.25, 0.3) is 0 Å². The number of para-hydroxylation sites is 1. The van der Waals surface area contributed by atoms with Crippen LogP contribution >= 0.6 is 11.6 Å². The van der Waals surface area contributed by atoms with Gasteiger partial charge in [0.15, 0.2) is 17.5 Å². The molecule has 0 saturated heterocycles. The summed E-state index contributed by atoms with van der Waals surface area (Å²) in [5, 5.41) is 6.70. The fraction of sp³-hybridized carbons (Fsp3) is 0.316. The number of guanidine groups is 1. The van der Waals surface area contributed by atoms with Crippen LogP contribution in [0.3, 0.4) is 0 Å². The van der Waals surface area contributed by atoms with Crippen LogP contribution in [0.4, 0.5) is 8.78 Å². The topological polar surface area (TPSA) is 64.1 Å². The van der Waals surface area contributed by atoms with Crippen LogP contribution in [-0.4, -0.2) is 32.8 Å². The lowest BCUT2D eigenvalue weighted by Crippen LogP contribution is -2.36. The van der Waals surface area contributed by atoms with Crippen LogP contribution in [-0.2, 0) is 13.1 Å². The van der Waals surface area contributed by atoms with E-state index < -0.39 is 6.61 Å². The monoisotopic (exact) mass is 411 g/mol. The zero-order chi connectivity index (χ0) is 19.9. The lowest BCUT2D eigenvalue weighted by molar-refractivity contribution is -0.0504. The van der Waals surface area contributed by atoms with E-state index in [9.17, 15) is 8.78 Å². The fourth-order valence-electron chi connectivity index (χ4n) is 2.71. The highest BCUT2D eigenvalue weighted by molar-refractivity contribution is 6.32. The van der Waals surface area contributed by atoms with Gasteiger partial charge in [-0.15, -0.1) is 0 Å². The molecule has 0 bridgehead atoms. The summed E-state index contributed by atoms with van der Waals surface area (Å²) in [6.45, 7) is -1.23. The highest BCUT2D eigenvalue weighted by atomic mass is 35.5. The second kappa shape index (κ2) is 9.45. The molecule has 1 heterocycles. The summed E-state index contributed by atoms with van der Waals surface area (Å²) in [5.74, 6) is 1.78. The van der Waals surface area contributed by atoms with Crippen LogP contribution in [0.1, 0.15) is 11.1 Å². The Kier molecular flexibility index (Phi) is 6.76.